The second-order valence-corrected chi connectivity index (χ2v) is 10.7. The van der Waals surface area contributed by atoms with Crippen molar-refractivity contribution < 1.29 is 22.7 Å². The van der Waals surface area contributed by atoms with E-state index >= 15 is 0 Å². The van der Waals surface area contributed by atoms with Gasteiger partial charge in [0, 0.05) is 37.8 Å². The Morgan fingerprint density at radius 2 is 1.94 bits per heavy atom. The molecule has 3 rings (SSSR count). The van der Waals surface area contributed by atoms with Gasteiger partial charge in [-0.2, -0.15) is 0 Å². The minimum absolute atomic E-state index is 0.0775. The average molecular weight is 518 g/mol. The molecule has 10 nitrogen and oxygen atoms in total. The number of nitrogens with zero attached hydrogens (tertiary/aromatic N) is 3. The van der Waals surface area contributed by atoms with Crippen LogP contribution >= 0.6 is 0 Å². The molecule has 2 N–H and O–H groups in total. The van der Waals surface area contributed by atoms with E-state index in [2.05, 4.69) is 31.8 Å². The molecule has 1 aliphatic carbocycles. The Morgan fingerprint density at radius 3 is 2.61 bits per heavy atom. The molecule has 1 amide bonds. The lowest BCUT2D eigenvalue weighted by Gasteiger charge is -2.23. The van der Waals surface area contributed by atoms with Crippen LogP contribution in [0.25, 0.3) is 0 Å². The Morgan fingerprint density at radius 1 is 1.17 bits per heavy atom. The number of carbonyl (C=O) groups excluding carboxylic acids is 2. The van der Waals surface area contributed by atoms with Gasteiger partial charge < -0.3 is 15.0 Å². The highest BCUT2D eigenvalue weighted by atomic mass is 32.2. The van der Waals surface area contributed by atoms with E-state index in [9.17, 15) is 18.0 Å². The van der Waals surface area contributed by atoms with Crippen molar-refractivity contribution in [2.75, 3.05) is 36.5 Å². The largest absolute Gasteiger partial charge is 0.466 e. The summed E-state index contributed by atoms with van der Waals surface area (Å²) < 4.78 is 32.5. The number of carbonyl (C=O) groups is 2. The summed E-state index contributed by atoms with van der Waals surface area (Å²) in [5, 5.41) is 2.82. The number of sulfonamides is 1. The number of nitrogens with one attached hydrogen (secondary N) is 2. The van der Waals surface area contributed by atoms with E-state index in [0.29, 0.717) is 30.2 Å². The van der Waals surface area contributed by atoms with Crippen LogP contribution in [0.2, 0.25) is 0 Å². The molecule has 0 saturated heterocycles. The van der Waals surface area contributed by atoms with Gasteiger partial charge in [-0.05, 0) is 69.2 Å². The number of aryl methyl sites for hydroxylation is 1. The van der Waals surface area contributed by atoms with Gasteiger partial charge in [0.2, 0.25) is 10.0 Å². The topological polar surface area (TPSA) is 131 Å². The molecule has 0 atom stereocenters. The van der Waals surface area contributed by atoms with E-state index < -0.39 is 15.9 Å². The summed E-state index contributed by atoms with van der Waals surface area (Å²) in [7, 11) is -3.76. The predicted octanol–water partition coefficient (Wildman–Crippen LogP) is 3.29. The number of amides is 1. The second-order valence-electron chi connectivity index (χ2n) is 8.89. The molecule has 36 heavy (non-hydrogen) atoms. The molecule has 11 heteroatoms. The van der Waals surface area contributed by atoms with Gasteiger partial charge in [0.05, 0.1) is 11.5 Å². The van der Waals surface area contributed by atoms with Crippen molar-refractivity contribution in [1.82, 2.24) is 14.7 Å². The van der Waals surface area contributed by atoms with Crippen molar-refractivity contribution in [1.29, 1.82) is 0 Å². The number of rotatable bonds is 14. The third-order valence-corrected chi connectivity index (χ3v) is 7.25. The van der Waals surface area contributed by atoms with Crippen molar-refractivity contribution in [3.8, 4) is 0 Å². The molecule has 1 aromatic heterocycles. The lowest BCUT2D eigenvalue weighted by Crippen LogP contribution is -2.28. The first kappa shape index (κ1) is 27.5. The molecule has 1 fully saturated rings. The second kappa shape index (κ2) is 12.8. The summed E-state index contributed by atoms with van der Waals surface area (Å²) in [6.45, 7) is 7.75. The quantitative estimate of drug-likeness (QED) is 0.288. The van der Waals surface area contributed by atoms with Crippen molar-refractivity contribution in [2.45, 2.75) is 57.8 Å². The Bertz CT molecular complexity index is 1170. The summed E-state index contributed by atoms with van der Waals surface area (Å²) >= 11 is 0. The molecule has 0 spiro atoms. The van der Waals surface area contributed by atoms with E-state index in [1.807, 2.05) is 0 Å². The summed E-state index contributed by atoms with van der Waals surface area (Å²) in [5.41, 5.74) is 1.33. The van der Waals surface area contributed by atoms with Crippen LogP contribution in [0.1, 0.15) is 62.0 Å². The van der Waals surface area contributed by atoms with Crippen LogP contribution in [0.4, 0.5) is 11.5 Å². The fourth-order valence-corrected chi connectivity index (χ4v) is 4.87. The third-order valence-electron chi connectivity index (χ3n) is 5.79. The van der Waals surface area contributed by atoms with E-state index in [-0.39, 0.29) is 29.5 Å². The van der Waals surface area contributed by atoms with E-state index in [4.69, 9.17) is 4.74 Å². The van der Waals surface area contributed by atoms with Gasteiger partial charge in [0.25, 0.3) is 5.91 Å². The van der Waals surface area contributed by atoms with Crippen molar-refractivity contribution in [2.24, 2.45) is 5.92 Å². The lowest BCUT2D eigenvalue weighted by molar-refractivity contribution is -0.143. The van der Waals surface area contributed by atoms with Gasteiger partial charge in [0.15, 0.2) is 0 Å². The number of aromatic nitrogens is 2. The van der Waals surface area contributed by atoms with Gasteiger partial charge in [-0.3, -0.25) is 9.59 Å². The van der Waals surface area contributed by atoms with Gasteiger partial charge >= 0.3 is 5.97 Å². The van der Waals surface area contributed by atoms with Crippen molar-refractivity contribution in [3.63, 3.8) is 0 Å². The zero-order valence-corrected chi connectivity index (χ0v) is 21.9. The van der Waals surface area contributed by atoms with E-state index in [1.165, 1.54) is 31.3 Å². The van der Waals surface area contributed by atoms with Crippen molar-refractivity contribution >= 4 is 33.4 Å². The first-order chi connectivity index (χ1) is 17.2. The maximum Gasteiger partial charge on any atom is 0.305 e. The Balaban J connectivity index is 1.62. The summed E-state index contributed by atoms with van der Waals surface area (Å²) in [6.07, 6.45) is 5.31. The van der Waals surface area contributed by atoms with Gasteiger partial charge in [-0.25, -0.2) is 23.1 Å². The number of hydrogen-bond donors (Lipinski definition) is 2. The van der Waals surface area contributed by atoms with Crippen LogP contribution in [-0.2, 0) is 19.6 Å². The average Bonchev–Trinajstić information content (AvgIpc) is 3.67. The number of hydrogen-bond acceptors (Lipinski definition) is 8. The number of ether oxygens (including phenoxy) is 1. The first-order valence-electron chi connectivity index (χ1n) is 12.4. The molecule has 1 aliphatic rings. The third kappa shape index (κ3) is 7.99. The SMILES string of the molecule is CCCN(CC1CC1)c1cc(C(=O)Nc2ccc(S(=O)(=O)NCCCC(=O)OCC)cc2C)ncn1. The minimum atomic E-state index is -3.76. The molecule has 1 saturated carbocycles. The van der Waals surface area contributed by atoms with Gasteiger partial charge in [-0.15, -0.1) is 0 Å². The van der Waals surface area contributed by atoms with Crippen molar-refractivity contribution in [3.05, 3.63) is 41.9 Å². The summed E-state index contributed by atoms with van der Waals surface area (Å²) in [4.78, 5) is 35.1. The Kier molecular flexibility index (Phi) is 9.77. The molecular weight excluding hydrogens is 482 g/mol. The fourth-order valence-electron chi connectivity index (χ4n) is 3.71. The standard InChI is InChI=1S/C25H35N5O5S/c1-4-13-30(16-19-8-9-19)23-15-22(26-17-27-23)25(32)29-21-11-10-20(14-18(21)3)36(33,34)28-12-6-7-24(31)35-5-2/h10-11,14-15,17,19,28H,4-9,12-13,16H2,1-3H3,(H,29,32). The minimum Gasteiger partial charge on any atom is -0.466 e. The van der Waals surface area contributed by atoms with E-state index in [0.717, 1.165) is 25.3 Å². The zero-order valence-electron chi connectivity index (χ0n) is 21.1. The van der Waals surface area contributed by atoms with Crippen LogP contribution in [0.15, 0.2) is 35.5 Å². The zero-order chi connectivity index (χ0) is 26.1. The molecule has 2 aromatic rings. The molecule has 1 aromatic carbocycles. The molecule has 196 valence electrons. The monoisotopic (exact) mass is 517 g/mol. The molecule has 0 bridgehead atoms. The fraction of sp³-hybridized carbons (Fsp3) is 0.520. The lowest BCUT2D eigenvalue weighted by atomic mass is 10.2. The Labute approximate surface area is 212 Å². The molecule has 0 radical (unpaired) electrons. The smallest absolute Gasteiger partial charge is 0.305 e. The summed E-state index contributed by atoms with van der Waals surface area (Å²) in [5.74, 6) is 0.672. The van der Waals surface area contributed by atoms with Gasteiger partial charge in [-0.1, -0.05) is 6.92 Å². The highest BCUT2D eigenvalue weighted by molar-refractivity contribution is 7.89. The van der Waals surface area contributed by atoms with Crippen LogP contribution in [0, 0.1) is 12.8 Å². The van der Waals surface area contributed by atoms with Crippen LogP contribution in [0.5, 0.6) is 0 Å². The predicted molar refractivity (Wildman–Crippen MR) is 137 cm³/mol. The van der Waals surface area contributed by atoms with Crippen LogP contribution in [0.3, 0.4) is 0 Å². The van der Waals surface area contributed by atoms with E-state index in [1.54, 1.807) is 26.0 Å². The molecule has 0 aliphatic heterocycles. The van der Waals surface area contributed by atoms with Gasteiger partial charge in [0.1, 0.15) is 17.8 Å². The number of anilines is 2. The van der Waals surface area contributed by atoms with Crippen LogP contribution in [-0.4, -0.2) is 56.5 Å². The number of esters is 1. The Hall–Kier alpha value is -3.05. The molecule has 1 heterocycles. The maximum atomic E-state index is 12.9. The molecule has 0 unspecified atom stereocenters. The molecular formula is C25H35N5O5S. The highest BCUT2D eigenvalue weighted by Crippen LogP contribution is 2.31. The van der Waals surface area contributed by atoms with Crippen LogP contribution < -0.4 is 14.9 Å². The highest BCUT2D eigenvalue weighted by Gasteiger charge is 2.25. The normalized spacial score (nSPS) is 13.3. The first-order valence-corrected chi connectivity index (χ1v) is 13.9. The number of benzene rings is 1. The maximum absolute atomic E-state index is 12.9. The summed E-state index contributed by atoms with van der Waals surface area (Å²) in [6, 6.07) is 6.17.